The highest BCUT2D eigenvalue weighted by atomic mass is 32.2. The molecule has 2 N–H and O–H groups in total. The van der Waals surface area contributed by atoms with Gasteiger partial charge in [-0.3, -0.25) is 0 Å². The third kappa shape index (κ3) is 5.27. The molecule has 0 aliphatic carbocycles. The molecule has 21 heavy (non-hydrogen) atoms. The zero-order valence-corrected chi connectivity index (χ0v) is 12.1. The second-order valence-electron chi connectivity index (χ2n) is 4.24. The first-order valence-corrected chi connectivity index (χ1v) is 7.51. The lowest BCUT2D eigenvalue weighted by Crippen LogP contribution is -2.28. The molecule has 120 valence electrons. The van der Waals surface area contributed by atoms with E-state index in [1.165, 1.54) is 6.92 Å². The summed E-state index contributed by atoms with van der Waals surface area (Å²) in [6, 6.07) is 2.14. The number of benzene rings is 1. The molecular weight excluding hydrogens is 311 g/mol. The maximum absolute atomic E-state index is 13.5. The Morgan fingerprint density at radius 3 is 2.62 bits per heavy atom. The van der Waals surface area contributed by atoms with Crippen LogP contribution in [0.25, 0.3) is 0 Å². The fourth-order valence-corrected chi connectivity index (χ4v) is 2.73. The molecule has 9 heteroatoms. The number of alkyl halides is 2. The van der Waals surface area contributed by atoms with E-state index in [4.69, 9.17) is 5.11 Å². The highest BCUT2D eigenvalue weighted by Crippen LogP contribution is 2.19. The Balaban J connectivity index is 2.72. The van der Waals surface area contributed by atoms with Crippen molar-refractivity contribution in [1.29, 1.82) is 0 Å². The number of hydrogen-bond acceptors (Lipinski definition) is 4. The van der Waals surface area contributed by atoms with Crippen molar-refractivity contribution in [2.24, 2.45) is 0 Å². The van der Waals surface area contributed by atoms with Crippen molar-refractivity contribution in [2.75, 3.05) is 19.8 Å². The highest BCUT2D eigenvalue weighted by Gasteiger charge is 2.17. The van der Waals surface area contributed by atoms with Gasteiger partial charge in [-0.15, -0.1) is 0 Å². The van der Waals surface area contributed by atoms with Crippen LogP contribution in [0.5, 0.6) is 0 Å². The smallest absolute Gasteiger partial charge is 0.261 e. The molecule has 0 unspecified atom stereocenters. The van der Waals surface area contributed by atoms with E-state index in [0.717, 1.165) is 12.1 Å². The molecule has 0 fully saturated rings. The van der Waals surface area contributed by atoms with Gasteiger partial charge in [0.1, 0.15) is 12.4 Å². The number of aliphatic hydroxyl groups excluding tert-OH is 1. The fourth-order valence-electron chi connectivity index (χ4n) is 1.58. The number of aryl methyl sites for hydroxylation is 1. The molecule has 0 spiro atoms. The Morgan fingerprint density at radius 2 is 2.05 bits per heavy atom. The molecule has 0 aromatic heterocycles. The second kappa shape index (κ2) is 7.74. The number of halogens is 3. The minimum Gasteiger partial charge on any atom is -0.392 e. The Kier molecular flexibility index (Phi) is 6.59. The van der Waals surface area contributed by atoms with Crippen LogP contribution in [-0.4, -0.2) is 39.7 Å². The molecule has 5 nitrogen and oxygen atoms in total. The summed E-state index contributed by atoms with van der Waals surface area (Å²) in [6.45, 7) is -0.435. The fraction of sp³-hybridized carbons (Fsp3) is 0.500. The number of nitrogens with one attached hydrogen (secondary N) is 1. The number of ether oxygens (including phenoxy) is 1. The van der Waals surface area contributed by atoms with Crippen LogP contribution >= 0.6 is 0 Å². The summed E-state index contributed by atoms with van der Waals surface area (Å²) in [5.41, 5.74) is -0.0554. The predicted octanol–water partition coefficient (Wildman–Crippen LogP) is 1.19. The van der Waals surface area contributed by atoms with Crippen molar-refractivity contribution >= 4 is 10.0 Å². The maximum atomic E-state index is 13.5. The van der Waals surface area contributed by atoms with Crippen LogP contribution < -0.4 is 4.72 Å². The van der Waals surface area contributed by atoms with E-state index in [1.54, 1.807) is 0 Å². The standard InChI is InChI=1S/C12H16F3NO4S/c1-8-4-10(5-9(6-17)12(8)15)21(18,19)16-2-3-20-7-11(13)14/h4-5,11,16-17H,2-3,6-7H2,1H3. The monoisotopic (exact) mass is 327 g/mol. The van der Waals surface area contributed by atoms with Gasteiger partial charge in [-0.05, 0) is 24.6 Å². The van der Waals surface area contributed by atoms with Gasteiger partial charge in [-0.2, -0.15) is 0 Å². The van der Waals surface area contributed by atoms with Gasteiger partial charge in [-0.1, -0.05) is 0 Å². The van der Waals surface area contributed by atoms with E-state index in [1.807, 2.05) is 0 Å². The van der Waals surface area contributed by atoms with Crippen LogP contribution in [0.4, 0.5) is 13.2 Å². The van der Waals surface area contributed by atoms with Crippen LogP contribution in [0, 0.1) is 12.7 Å². The van der Waals surface area contributed by atoms with Crippen LogP contribution in [-0.2, 0) is 21.4 Å². The molecule has 0 heterocycles. The molecular formula is C12H16F3NO4S. The molecule has 0 radical (unpaired) electrons. The first-order chi connectivity index (χ1) is 9.77. The Hall–Kier alpha value is -1.16. The third-order valence-corrected chi connectivity index (χ3v) is 4.01. The van der Waals surface area contributed by atoms with Crippen LogP contribution in [0.2, 0.25) is 0 Å². The summed E-state index contributed by atoms with van der Waals surface area (Å²) < 4.78 is 67.7. The summed E-state index contributed by atoms with van der Waals surface area (Å²) in [7, 11) is -3.93. The van der Waals surface area contributed by atoms with Crippen molar-refractivity contribution in [3.63, 3.8) is 0 Å². The minimum absolute atomic E-state index is 0.0795. The molecule has 0 amide bonds. The molecule has 0 atom stereocenters. The van der Waals surface area contributed by atoms with Crippen molar-refractivity contribution in [3.8, 4) is 0 Å². The van der Waals surface area contributed by atoms with Gasteiger partial charge >= 0.3 is 0 Å². The maximum Gasteiger partial charge on any atom is 0.261 e. The lowest BCUT2D eigenvalue weighted by atomic mass is 10.1. The molecule has 1 aromatic carbocycles. The average Bonchev–Trinajstić information content (AvgIpc) is 2.40. The largest absolute Gasteiger partial charge is 0.392 e. The van der Waals surface area contributed by atoms with E-state index in [2.05, 4.69) is 9.46 Å². The summed E-state index contributed by atoms with van der Waals surface area (Å²) >= 11 is 0. The zero-order chi connectivity index (χ0) is 16.0. The van der Waals surface area contributed by atoms with Gasteiger partial charge in [0.25, 0.3) is 6.43 Å². The lowest BCUT2D eigenvalue weighted by molar-refractivity contribution is 0.0199. The lowest BCUT2D eigenvalue weighted by Gasteiger charge is -2.10. The molecule has 0 aliphatic heterocycles. The van der Waals surface area contributed by atoms with Gasteiger partial charge < -0.3 is 9.84 Å². The number of aliphatic hydroxyl groups is 1. The van der Waals surface area contributed by atoms with Gasteiger partial charge in [0, 0.05) is 12.1 Å². The number of rotatable bonds is 8. The molecule has 1 rings (SSSR count). The zero-order valence-electron chi connectivity index (χ0n) is 11.3. The average molecular weight is 327 g/mol. The Bertz CT molecular complexity index is 578. The Labute approximate surface area is 120 Å². The highest BCUT2D eigenvalue weighted by molar-refractivity contribution is 7.89. The topological polar surface area (TPSA) is 75.6 Å². The number of hydrogen-bond donors (Lipinski definition) is 2. The SMILES string of the molecule is Cc1cc(S(=O)(=O)NCCOCC(F)F)cc(CO)c1F. The summed E-state index contributed by atoms with van der Waals surface area (Å²) in [5.74, 6) is -0.670. The van der Waals surface area contributed by atoms with E-state index in [0.29, 0.717) is 0 Å². The van der Waals surface area contributed by atoms with Gasteiger partial charge in [0.05, 0.1) is 18.1 Å². The van der Waals surface area contributed by atoms with E-state index >= 15 is 0 Å². The predicted molar refractivity (Wildman–Crippen MR) is 69.1 cm³/mol. The minimum atomic E-state index is -3.93. The van der Waals surface area contributed by atoms with E-state index in [9.17, 15) is 21.6 Å². The van der Waals surface area contributed by atoms with Crippen LogP contribution in [0.3, 0.4) is 0 Å². The molecule has 0 bridgehead atoms. The van der Waals surface area contributed by atoms with E-state index < -0.39 is 35.5 Å². The van der Waals surface area contributed by atoms with E-state index in [-0.39, 0.29) is 29.2 Å². The summed E-state index contributed by atoms with van der Waals surface area (Å²) in [4.78, 5) is -0.209. The number of sulfonamides is 1. The van der Waals surface area contributed by atoms with Crippen molar-refractivity contribution in [1.82, 2.24) is 4.72 Å². The second-order valence-corrected chi connectivity index (χ2v) is 6.00. The van der Waals surface area contributed by atoms with Crippen LogP contribution in [0.1, 0.15) is 11.1 Å². The molecule has 0 saturated carbocycles. The third-order valence-electron chi connectivity index (χ3n) is 2.57. The molecule has 0 aliphatic rings. The van der Waals surface area contributed by atoms with Gasteiger partial charge in [0.15, 0.2) is 0 Å². The van der Waals surface area contributed by atoms with Crippen molar-refractivity contribution in [2.45, 2.75) is 24.9 Å². The van der Waals surface area contributed by atoms with Crippen molar-refractivity contribution in [3.05, 3.63) is 29.1 Å². The first kappa shape index (κ1) is 17.9. The summed E-state index contributed by atoms with van der Waals surface area (Å²) in [6.07, 6.45) is -2.62. The quantitative estimate of drug-likeness (QED) is 0.703. The normalized spacial score (nSPS) is 12.1. The first-order valence-electron chi connectivity index (χ1n) is 6.03. The summed E-state index contributed by atoms with van der Waals surface area (Å²) in [5, 5.41) is 8.98. The Morgan fingerprint density at radius 1 is 1.38 bits per heavy atom. The van der Waals surface area contributed by atoms with Gasteiger partial charge in [-0.25, -0.2) is 26.3 Å². The van der Waals surface area contributed by atoms with Crippen LogP contribution in [0.15, 0.2) is 17.0 Å². The van der Waals surface area contributed by atoms with Crippen molar-refractivity contribution < 1.29 is 31.4 Å². The molecule has 1 aromatic rings. The molecule has 0 saturated heterocycles. The van der Waals surface area contributed by atoms with Gasteiger partial charge in [0.2, 0.25) is 10.0 Å².